The van der Waals surface area contributed by atoms with Crippen molar-refractivity contribution in [3.8, 4) is 0 Å². The number of carbonyl (C=O) groups is 2. The Balaban J connectivity index is 0.00000225. The van der Waals surface area contributed by atoms with Crippen molar-refractivity contribution in [3.63, 3.8) is 0 Å². The highest BCUT2D eigenvalue weighted by Crippen LogP contribution is 2.10. The van der Waals surface area contributed by atoms with E-state index in [-0.39, 0.29) is 30.3 Å². The van der Waals surface area contributed by atoms with Crippen molar-refractivity contribution in [1.29, 1.82) is 0 Å². The number of hydrogen-bond donors (Lipinski definition) is 2. The van der Waals surface area contributed by atoms with Gasteiger partial charge in [0.25, 0.3) is 0 Å². The van der Waals surface area contributed by atoms with Crippen LogP contribution in [-0.2, 0) is 9.59 Å². The summed E-state index contributed by atoms with van der Waals surface area (Å²) in [5.74, 6) is -0.0832. The smallest absolute Gasteiger partial charge is 0.239 e. The molecule has 0 aromatic carbocycles. The number of nitrogens with one attached hydrogen (secondary N) is 1. The number of hydrogen-bond acceptors (Lipinski definition) is 3. The Morgan fingerprint density at radius 1 is 1.50 bits per heavy atom. The lowest BCUT2D eigenvalue weighted by Gasteiger charge is -2.33. The third-order valence-electron chi connectivity index (χ3n) is 2.53. The van der Waals surface area contributed by atoms with Gasteiger partial charge in [-0.15, -0.1) is 12.4 Å². The number of carbonyl (C=O) groups excluding carboxylic acids is 2. The second-order valence-electron chi connectivity index (χ2n) is 4.11. The second-order valence-corrected chi connectivity index (χ2v) is 4.11. The standard InChI is InChI=1S/C10H19N3O2.ClH/c1-7(11)10(15)13-5-3-4-9(6-13)12-8(2)14;/h7,9H,3-6,11H2,1-2H3,(H,12,14);1H. The van der Waals surface area contributed by atoms with Crippen LogP contribution < -0.4 is 11.1 Å². The first-order valence-corrected chi connectivity index (χ1v) is 5.32. The van der Waals surface area contributed by atoms with Crippen LogP contribution in [-0.4, -0.2) is 41.9 Å². The van der Waals surface area contributed by atoms with E-state index in [1.54, 1.807) is 11.8 Å². The third kappa shape index (κ3) is 4.37. The molecule has 1 aliphatic rings. The number of nitrogens with zero attached hydrogens (tertiary/aromatic N) is 1. The van der Waals surface area contributed by atoms with Crippen LogP contribution in [0.15, 0.2) is 0 Å². The number of nitrogens with two attached hydrogens (primary N) is 1. The van der Waals surface area contributed by atoms with E-state index in [9.17, 15) is 9.59 Å². The average molecular weight is 250 g/mol. The molecule has 2 unspecified atom stereocenters. The van der Waals surface area contributed by atoms with Gasteiger partial charge in [-0.2, -0.15) is 0 Å². The maximum atomic E-state index is 11.6. The van der Waals surface area contributed by atoms with Crippen molar-refractivity contribution in [2.75, 3.05) is 13.1 Å². The maximum Gasteiger partial charge on any atom is 0.239 e. The predicted octanol–water partition coefficient (Wildman–Crippen LogP) is -0.117. The Labute approximate surface area is 102 Å². The summed E-state index contributed by atoms with van der Waals surface area (Å²) in [6.07, 6.45) is 1.85. The molecule has 0 spiro atoms. The number of halogens is 1. The fourth-order valence-electron chi connectivity index (χ4n) is 1.87. The molecular formula is C10H20ClN3O2. The van der Waals surface area contributed by atoms with Gasteiger partial charge >= 0.3 is 0 Å². The number of likely N-dealkylation sites (tertiary alicyclic amines) is 1. The van der Waals surface area contributed by atoms with Crippen molar-refractivity contribution in [2.45, 2.75) is 38.8 Å². The van der Waals surface area contributed by atoms with E-state index in [2.05, 4.69) is 5.32 Å². The van der Waals surface area contributed by atoms with Gasteiger partial charge in [-0.05, 0) is 19.8 Å². The van der Waals surface area contributed by atoms with Crippen molar-refractivity contribution < 1.29 is 9.59 Å². The largest absolute Gasteiger partial charge is 0.352 e. The molecule has 6 heteroatoms. The Kier molecular flexibility index (Phi) is 6.36. The van der Waals surface area contributed by atoms with Crippen LogP contribution in [0.3, 0.4) is 0 Å². The highest BCUT2D eigenvalue weighted by Gasteiger charge is 2.25. The van der Waals surface area contributed by atoms with Gasteiger partial charge in [0.15, 0.2) is 0 Å². The molecule has 0 radical (unpaired) electrons. The molecule has 16 heavy (non-hydrogen) atoms. The SMILES string of the molecule is CC(=O)NC1CCCN(C(=O)C(C)N)C1.Cl. The summed E-state index contributed by atoms with van der Waals surface area (Å²) in [7, 11) is 0. The molecule has 2 amide bonds. The van der Waals surface area contributed by atoms with E-state index in [0.29, 0.717) is 6.54 Å². The highest BCUT2D eigenvalue weighted by molar-refractivity contribution is 5.85. The van der Waals surface area contributed by atoms with E-state index in [0.717, 1.165) is 19.4 Å². The zero-order valence-electron chi connectivity index (χ0n) is 9.73. The van der Waals surface area contributed by atoms with Gasteiger partial charge in [-0.1, -0.05) is 0 Å². The maximum absolute atomic E-state index is 11.6. The number of piperidine rings is 1. The molecule has 94 valence electrons. The molecule has 1 rings (SSSR count). The molecule has 0 aromatic rings. The van der Waals surface area contributed by atoms with Crippen LogP contribution >= 0.6 is 12.4 Å². The van der Waals surface area contributed by atoms with E-state index in [1.807, 2.05) is 0 Å². The molecule has 0 saturated carbocycles. The van der Waals surface area contributed by atoms with E-state index >= 15 is 0 Å². The summed E-state index contributed by atoms with van der Waals surface area (Å²) in [5.41, 5.74) is 5.53. The van der Waals surface area contributed by atoms with Crippen molar-refractivity contribution in [2.24, 2.45) is 5.73 Å². The first kappa shape index (κ1) is 15.2. The lowest BCUT2D eigenvalue weighted by Crippen LogP contribution is -2.52. The van der Waals surface area contributed by atoms with Gasteiger partial charge in [0.1, 0.15) is 0 Å². The van der Waals surface area contributed by atoms with Crippen LogP contribution in [0.4, 0.5) is 0 Å². The summed E-state index contributed by atoms with van der Waals surface area (Å²) in [4.78, 5) is 24.2. The van der Waals surface area contributed by atoms with Crippen LogP contribution in [0.25, 0.3) is 0 Å². The molecule has 1 fully saturated rings. The Bertz CT molecular complexity index is 258. The highest BCUT2D eigenvalue weighted by atomic mass is 35.5. The average Bonchev–Trinajstić information content (AvgIpc) is 2.16. The zero-order valence-corrected chi connectivity index (χ0v) is 10.5. The molecule has 3 N–H and O–H groups in total. The van der Waals surface area contributed by atoms with E-state index < -0.39 is 6.04 Å². The van der Waals surface area contributed by atoms with Crippen LogP contribution in [0.1, 0.15) is 26.7 Å². The summed E-state index contributed by atoms with van der Waals surface area (Å²) >= 11 is 0. The molecule has 0 bridgehead atoms. The molecule has 0 aliphatic carbocycles. The normalized spacial score (nSPS) is 21.9. The Morgan fingerprint density at radius 3 is 2.62 bits per heavy atom. The number of rotatable bonds is 2. The van der Waals surface area contributed by atoms with Gasteiger partial charge in [0.2, 0.25) is 11.8 Å². The lowest BCUT2D eigenvalue weighted by molar-refractivity contribution is -0.134. The van der Waals surface area contributed by atoms with Gasteiger partial charge in [-0.3, -0.25) is 9.59 Å². The number of amides is 2. The zero-order chi connectivity index (χ0) is 11.4. The van der Waals surface area contributed by atoms with Crippen LogP contribution in [0.5, 0.6) is 0 Å². The summed E-state index contributed by atoms with van der Waals surface area (Å²) < 4.78 is 0. The van der Waals surface area contributed by atoms with E-state index in [4.69, 9.17) is 5.73 Å². The molecule has 5 nitrogen and oxygen atoms in total. The molecule has 1 saturated heterocycles. The molecule has 2 atom stereocenters. The topological polar surface area (TPSA) is 75.4 Å². The molecule has 0 aromatic heterocycles. The molecule has 1 heterocycles. The second kappa shape index (κ2) is 6.70. The summed E-state index contributed by atoms with van der Waals surface area (Å²) in [5, 5.41) is 2.83. The monoisotopic (exact) mass is 249 g/mol. The first-order chi connectivity index (χ1) is 7.00. The van der Waals surface area contributed by atoms with Gasteiger partial charge in [-0.25, -0.2) is 0 Å². The fourth-order valence-corrected chi connectivity index (χ4v) is 1.87. The minimum atomic E-state index is -0.457. The summed E-state index contributed by atoms with van der Waals surface area (Å²) in [6, 6.07) is -0.375. The van der Waals surface area contributed by atoms with Crippen molar-refractivity contribution in [1.82, 2.24) is 10.2 Å². The van der Waals surface area contributed by atoms with Crippen LogP contribution in [0, 0.1) is 0 Å². The van der Waals surface area contributed by atoms with Gasteiger partial charge in [0.05, 0.1) is 6.04 Å². The minimum absolute atomic E-state index is 0. The fraction of sp³-hybridized carbons (Fsp3) is 0.800. The minimum Gasteiger partial charge on any atom is -0.352 e. The van der Waals surface area contributed by atoms with Crippen LogP contribution in [0.2, 0.25) is 0 Å². The van der Waals surface area contributed by atoms with Crippen molar-refractivity contribution in [3.05, 3.63) is 0 Å². The molecule has 1 aliphatic heterocycles. The molecular weight excluding hydrogens is 230 g/mol. The Hall–Kier alpha value is -0.810. The lowest BCUT2D eigenvalue weighted by atomic mass is 10.0. The predicted molar refractivity (Wildman–Crippen MR) is 64.3 cm³/mol. The quantitative estimate of drug-likeness (QED) is 0.717. The van der Waals surface area contributed by atoms with Gasteiger partial charge in [0, 0.05) is 26.1 Å². The summed E-state index contributed by atoms with van der Waals surface area (Å²) in [6.45, 7) is 4.51. The first-order valence-electron chi connectivity index (χ1n) is 5.32. The van der Waals surface area contributed by atoms with E-state index in [1.165, 1.54) is 6.92 Å². The van der Waals surface area contributed by atoms with Crippen molar-refractivity contribution >= 4 is 24.2 Å². The Morgan fingerprint density at radius 2 is 2.12 bits per heavy atom. The van der Waals surface area contributed by atoms with Gasteiger partial charge < -0.3 is 16.0 Å². The third-order valence-corrected chi connectivity index (χ3v) is 2.53.